The van der Waals surface area contributed by atoms with Gasteiger partial charge >= 0.3 is 0 Å². The van der Waals surface area contributed by atoms with Gasteiger partial charge in [0.15, 0.2) is 0 Å². The van der Waals surface area contributed by atoms with Crippen LogP contribution >= 0.6 is 0 Å². The summed E-state index contributed by atoms with van der Waals surface area (Å²) in [4.78, 5) is 8.71. The Morgan fingerprint density at radius 1 is 0.893 bits per heavy atom. The largest absolute Gasteiger partial charge is 0.439 e. The first-order chi connectivity index (χ1) is 13.6. The number of aromatic nitrogens is 2. The Labute approximate surface area is 164 Å². The van der Waals surface area contributed by atoms with E-state index in [-0.39, 0.29) is 11.8 Å². The van der Waals surface area contributed by atoms with Crippen LogP contribution < -0.4 is 9.46 Å². The van der Waals surface area contributed by atoms with Gasteiger partial charge in [-0.3, -0.25) is 4.72 Å². The van der Waals surface area contributed by atoms with E-state index in [0.717, 1.165) is 18.4 Å². The van der Waals surface area contributed by atoms with E-state index in [4.69, 9.17) is 4.74 Å². The Hall–Kier alpha value is -2.93. The molecule has 0 atom stereocenters. The normalized spacial score (nSPS) is 14.7. The highest BCUT2D eigenvalue weighted by atomic mass is 32.2. The zero-order valence-electron chi connectivity index (χ0n) is 15.3. The zero-order valence-corrected chi connectivity index (χ0v) is 16.1. The molecule has 0 radical (unpaired) electrons. The maximum absolute atomic E-state index is 12.7. The van der Waals surface area contributed by atoms with Crippen LogP contribution in [0.4, 0.5) is 5.95 Å². The maximum Gasteiger partial charge on any atom is 0.240 e. The van der Waals surface area contributed by atoms with Crippen molar-refractivity contribution in [2.24, 2.45) is 0 Å². The number of rotatable bonds is 6. The van der Waals surface area contributed by atoms with Crippen molar-refractivity contribution in [2.45, 2.75) is 30.9 Å². The summed E-state index contributed by atoms with van der Waals surface area (Å²) in [5.74, 6) is 0.924. The average molecular weight is 395 g/mol. The molecule has 1 fully saturated rings. The van der Waals surface area contributed by atoms with Crippen LogP contribution in [0.3, 0.4) is 0 Å². The van der Waals surface area contributed by atoms with Crippen LogP contribution in [0.2, 0.25) is 0 Å². The van der Waals surface area contributed by atoms with Crippen molar-refractivity contribution in [2.75, 3.05) is 4.72 Å². The molecule has 6 nitrogen and oxygen atoms in total. The van der Waals surface area contributed by atoms with Crippen molar-refractivity contribution in [3.05, 3.63) is 66.7 Å². The Balaban J connectivity index is 1.69. The number of ether oxygens (including phenoxy) is 1. The molecule has 4 rings (SSSR count). The van der Waals surface area contributed by atoms with Crippen molar-refractivity contribution in [1.82, 2.24) is 9.97 Å². The number of hydrogen-bond donors (Lipinski definition) is 1. The molecule has 1 heterocycles. The average Bonchev–Trinajstić information content (AvgIpc) is 3.25. The Bertz CT molecular complexity index is 1040. The fraction of sp³-hybridized carbons (Fsp3) is 0.238. The number of hydrogen-bond acceptors (Lipinski definition) is 5. The van der Waals surface area contributed by atoms with Crippen molar-refractivity contribution >= 4 is 16.0 Å². The second-order valence-electron chi connectivity index (χ2n) is 6.75. The topological polar surface area (TPSA) is 81.2 Å². The predicted octanol–water partition coefficient (Wildman–Crippen LogP) is 4.62. The van der Waals surface area contributed by atoms with Gasteiger partial charge in [-0.2, -0.15) is 4.98 Å². The van der Waals surface area contributed by atoms with Gasteiger partial charge in [0.1, 0.15) is 5.75 Å². The van der Waals surface area contributed by atoms with E-state index in [9.17, 15) is 8.42 Å². The lowest BCUT2D eigenvalue weighted by atomic mass is 10.1. The number of nitrogens with zero attached hydrogens (tertiary/aromatic N) is 2. The summed E-state index contributed by atoms with van der Waals surface area (Å²) < 4.78 is 33.8. The molecule has 0 bridgehead atoms. The van der Waals surface area contributed by atoms with Crippen LogP contribution in [0.15, 0.2) is 66.7 Å². The number of anilines is 1. The molecule has 1 aromatic heterocycles. The first-order valence-corrected chi connectivity index (χ1v) is 10.8. The van der Waals surface area contributed by atoms with E-state index >= 15 is 0 Å². The van der Waals surface area contributed by atoms with Gasteiger partial charge in [0.25, 0.3) is 0 Å². The molecule has 0 amide bonds. The molecule has 0 saturated heterocycles. The minimum atomic E-state index is -3.53. The molecular weight excluding hydrogens is 374 g/mol. The van der Waals surface area contributed by atoms with E-state index in [1.54, 1.807) is 6.07 Å². The third-order valence-corrected chi connectivity index (χ3v) is 6.53. The highest BCUT2D eigenvalue weighted by Crippen LogP contribution is 2.29. The summed E-state index contributed by atoms with van der Waals surface area (Å²) in [5.41, 5.74) is 1.44. The summed E-state index contributed by atoms with van der Waals surface area (Å²) in [6.45, 7) is 0. The fourth-order valence-corrected chi connectivity index (χ4v) is 4.76. The summed E-state index contributed by atoms with van der Waals surface area (Å²) in [7, 11) is -3.53. The molecule has 7 heteroatoms. The van der Waals surface area contributed by atoms with Gasteiger partial charge in [-0.05, 0) is 25.0 Å². The summed E-state index contributed by atoms with van der Waals surface area (Å²) in [5, 5.41) is -0.394. The van der Waals surface area contributed by atoms with Crippen LogP contribution in [0.5, 0.6) is 11.6 Å². The Morgan fingerprint density at radius 2 is 1.54 bits per heavy atom. The van der Waals surface area contributed by atoms with Gasteiger partial charge in [-0.15, -0.1) is 0 Å². The molecular formula is C21H21N3O3S. The van der Waals surface area contributed by atoms with Crippen molar-refractivity contribution in [3.8, 4) is 22.9 Å². The van der Waals surface area contributed by atoms with Crippen LogP contribution in [-0.2, 0) is 10.0 Å². The van der Waals surface area contributed by atoms with E-state index in [2.05, 4.69) is 14.7 Å². The van der Waals surface area contributed by atoms with Crippen LogP contribution in [0, 0.1) is 0 Å². The van der Waals surface area contributed by atoms with Gasteiger partial charge in [0.2, 0.25) is 21.9 Å². The van der Waals surface area contributed by atoms with Crippen molar-refractivity contribution in [1.29, 1.82) is 0 Å². The van der Waals surface area contributed by atoms with Crippen LogP contribution in [-0.4, -0.2) is 23.6 Å². The van der Waals surface area contributed by atoms with Gasteiger partial charge in [0, 0.05) is 11.6 Å². The maximum atomic E-state index is 12.7. The van der Waals surface area contributed by atoms with Crippen LogP contribution in [0.1, 0.15) is 25.7 Å². The molecule has 1 N–H and O–H groups in total. The van der Waals surface area contributed by atoms with E-state index in [0.29, 0.717) is 24.3 Å². The number of sulfonamides is 1. The Kier molecular flexibility index (Phi) is 5.25. The lowest BCUT2D eigenvalue weighted by Gasteiger charge is -2.14. The summed E-state index contributed by atoms with van der Waals surface area (Å²) in [6, 6.07) is 20.5. The monoisotopic (exact) mass is 395 g/mol. The second-order valence-corrected chi connectivity index (χ2v) is 8.71. The molecule has 28 heavy (non-hydrogen) atoms. The fourth-order valence-electron chi connectivity index (χ4n) is 3.30. The van der Waals surface area contributed by atoms with E-state index < -0.39 is 15.3 Å². The number of para-hydroxylation sites is 1. The molecule has 1 aliphatic carbocycles. The summed E-state index contributed by atoms with van der Waals surface area (Å²) >= 11 is 0. The second kappa shape index (κ2) is 7.98. The minimum absolute atomic E-state index is 0.0270. The molecule has 2 aromatic carbocycles. The molecule has 0 spiro atoms. The molecule has 1 aliphatic rings. The van der Waals surface area contributed by atoms with Crippen molar-refractivity contribution in [3.63, 3.8) is 0 Å². The number of benzene rings is 2. The molecule has 3 aromatic rings. The quantitative estimate of drug-likeness (QED) is 0.659. The van der Waals surface area contributed by atoms with Gasteiger partial charge in [-0.1, -0.05) is 61.4 Å². The SMILES string of the molecule is O=S(=O)(Nc1nc(Oc2ccccc2)cc(-c2ccccc2)n1)C1CCCC1. The minimum Gasteiger partial charge on any atom is -0.439 e. The van der Waals surface area contributed by atoms with Gasteiger partial charge in [0.05, 0.1) is 10.9 Å². The first-order valence-electron chi connectivity index (χ1n) is 9.29. The standard InChI is InChI=1S/C21H21N3O3S/c25-28(26,18-13-7-8-14-18)24-21-22-19(16-9-3-1-4-10-16)15-20(23-21)27-17-11-5-2-6-12-17/h1-6,9-12,15,18H,7-8,13-14H2,(H,22,23,24). The molecule has 144 valence electrons. The Morgan fingerprint density at radius 3 is 2.21 bits per heavy atom. The van der Waals surface area contributed by atoms with Crippen molar-refractivity contribution < 1.29 is 13.2 Å². The molecule has 0 aliphatic heterocycles. The van der Waals surface area contributed by atoms with E-state index in [1.165, 1.54) is 0 Å². The molecule has 1 saturated carbocycles. The highest BCUT2D eigenvalue weighted by molar-refractivity contribution is 7.93. The smallest absolute Gasteiger partial charge is 0.240 e. The summed E-state index contributed by atoms with van der Waals surface area (Å²) in [6.07, 6.45) is 3.19. The van der Waals surface area contributed by atoms with Gasteiger partial charge < -0.3 is 4.74 Å². The van der Waals surface area contributed by atoms with Crippen LogP contribution in [0.25, 0.3) is 11.3 Å². The van der Waals surface area contributed by atoms with E-state index in [1.807, 2.05) is 60.7 Å². The highest BCUT2D eigenvalue weighted by Gasteiger charge is 2.29. The lowest BCUT2D eigenvalue weighted by Crippen LogP contribution is -2.26. The molecule has 0 unspecified atom stereocenters. The third-order valence-electron chi connectivity index (χ3n) is 4.71. The zero-order chi connectivity index (χ0) is 19.4. The lowest BCUT2D eigenvalue weighted by molar-refractivity contribution is 0.463. The third kappa shape index (κ3) is 4.31. The predicted molar refractivity (Wildman–Crippen MR) is 109 cm³/mol. The first kappa shape index (κ1) is 18.4. The van der Waals surface area contributed by atoms with Gasteiger partial charge in [-0.25, -0.2) is 13.4 Å². The number of nitrogens with one attached hydrogen (secondary N) is 1.